The number of aromatic nitrogens is 4. The highest BCUT2D eigenvalue weighted by Crippen LogP contribution is 2.19. The first-order valence-electron chi connectivity index (χ1n) is 7.67. The molecule has 1 aromatic carbocycles. The van der Waals surface area contributed by atoms with Crippen molar-refractivity contribution in [2.24, 2.45) is 0 Å². The minimum Gasteiger partial charge on any atom is -0.294 e. The quantitative estimate of drug-likeness (QED) is 0.774. The van der Waals surface area contributed by atoms with Gasteiger partial charge in [0.15, 0.2) is 0 Å². The maximum atomic E-state index is 11.7. The molecule has 0 saturated heterocycles. The number of fused-ring (bicyclic) bond motifs is 1. The van der Waals surface area contributed by atoms with Gasteiger partial charge in [0.2, 0.25) is 11.9 Å². The molecule has 2 heterocycles. The summed E-state index contributed by atoms with van der Waals surface area (Å²) in [6.45, 7) is 6.03. The molecule has 6 heteroatoms. The lowest BCUT2D eigenvalue weighted by Gasteiger charge is -2.08. The molecule has 2 N–H and O–H groups in total. The summed E-state index contributed by atoms with van der Waals surface area (Å²) in [5, 5.41) is 4.03. The third-order valence-electron chi connectivity index (χ3n) is 3.57. The molecule has 0 fully saturated rings. The van der Waals surface area contributed by atoms with Crippen LogP contribution >= 0.6 is 0 Å². The molecule has 6 nitrogen and oxygen atoms in total. The molecule has 0 aliphatic carbocycles. The van der Waals surface area contributed by atoms with Gasteiger partial charge in [0.1, 0.15) is 0 Å². The van der Waals surface area contributed by atoms with Gasteiger partial charge < -0.3 is 0 Å². The Morgan fingerprint density at radius 3 is 2.74 bits per heavy atom. The molecule has 23 heavy (non-hydrogen) atoms. The molecule has 0 aliphatic heterocycles. The average molecular weight is 309 g/mol. The molecule has 2 aromatic heterocycles. The van der Waals surface area contributed by atoms with Crippen LogP contribution in [0.25, 0.3) is 10.9 Å². The van der Waals surface area contributed by atoms with Crippen molar-refractivity contribution in [3.8, 4) is 0 Å². The second kappa shape index (κ2) is 6.16. The van der Waals surface area contributed by atoms with E-state index in [2.05, 4.69) is 31.3 Å². The first kappa shape index (κ1) is 15.1. The maximum Gasteiger partial charge on any atom is 0.252 e. The van der Waals surface area contributed by atoms with Crippen LogP contribution in [0.3, 0.4) is 0 Å². The van der Waals surface area contributed by atoms with Gasteiger partial charge in [-0.05, 0) is 32.4 Å². The molecular formula is C17H19N5O. The molecule has 3 aromatic rings. The van der Waals surface area contributed by atoms with Crippen molar-refractivity contribution < 1.29 is 0 Å². The van der Waals surface area contributed by atoms with Crippen LogP contribution in [0.1, 0.15) is 30.3 Å². The summed E-state index contributed by atoms with van der Waals surface area (Å²) >= 11 is 0. The molecule has 118 valence electrons. The number of nitrogens with one attached hydrogen (secondary N) is 2. The van der Waals surface area contributed by atoms with Gasteiger partial charge >= 0.3 is 0 Å². The minimum atomic E-state index is -0.181. The monoisotopic (exact) mass is 309 g/mol. The molecule has 0 unspecified atom stereocenters. The van der Waals surface area contributed by atoms with E-state index in [-0.39, 0.29) is 5.56 Å². The second-order valence-electron chi connectivity index (χ2n) is 5.61. The smallest absolute Gasteiger partial charge is 0.252 e. The number of anilines is 2. The van der Waals surface area contributed by atoms with Gasteiger partial charge in [0.25, 0.3) is 5.56 Å². The summed E-state index contributed by atoms with van der Waals surface area (Å²) in [6, 6.07) is 7.56. The Hall–Kier alpha value is -2.76. The summed E-state index contributed by atoms with van der Waals surface area (Å²) in [5.74, 6) is 0.794. The molecule has 0 radical (unpaired) electrons. The maximum absolute atomic E-state index is 11.7. The highest BCUT2D eigenvalue weighted by atomic mass is 16.1. The number of hydrogen-bond donors (Lipinski definition) is 2. The summed E-state index contributed by atoms with van der Waals surface area (Å²) in [6.07, 6.45) is 1.69. The highest BCUT2D eigenvalue weighted by Gasteiger charge is 2.07. The largest absolute Gasteiger partial charge is 0.294 e. The third kappa shape index (κ3) is 3.36. The van der Waals surface area contributed by atoms with E-state index in [1.807, 2.05) is 32.9 Å². The van der Waals surface area contributed by atoms with Crippen molar-refractivity contribution in [1.29, 1.82) is 0 Å². The van der Waals surface area contributed by atoms with Crippen LogP contribution in [0.2, 0.25) is 0 Å². The van der Waals surface area contributed by atoms with E-state index < -0.39 is 0 Å². The number of benzene rings is 1. The summed E-state index contributed by atoms with van der Waals surface area (Å²) in [5.41, 5.74) is 3.49. The van der Waals surface area contributed by atoms with Crippen LogP contribution in [0, 0.1) is 13.8 Å². The van der Waals surface area contributed by atoms with Crippen LogP contribution in [0.5, 0.6) is 0 Å². The predicted octanol–water partition coefficient (Wildman–Crippen LogP) is 3.03. The Morgan fingerprint density at radius 1 is 1.13 bits per heavy atom. The Bertz CT molecular complexity index is 916. The van der Waals surface area contributed by atoms with Crippen molar-refractivity contribution in [3.05, 3.63) is 51.6 Å². The lowest BCUT2D eigenvalue weighted by molar-refractivity contribution is 0.869. The van der Waals surface area contributed by atoms with E-state index in [1.54, 1.807) is 0 Å². The van der Waals surface area contributed by atoms with E-state index in [0.717, 1.165) is 35.1 Å². The topological polar surface area (TPSA) is 83.6 Å². The Morgan fingerprint density at radius 2 is 1.96 bits per heavy atom. The summed E-state index contributed by atoms with van der Waals surface area (Å²) in [4.78, 5) is 27.7. The first-order valence-corrected chi connectivity index (χ1v) is 7.67. The summed E-state index contributed by atoms with van der Waals surface area (Å²) < 4.78 is 0. The van der Waals surface area contributed by atoms with Gasteiger partial charge in [0, 0.05) is 17.1 Å². The first-order chi connectivity index (χ1) is 11.0. The highest BCUT2D eigenvalue weighted by molar-refractivity contribution is 5.82. The molecule has 0 atom stereocenters. The minimum absolute atomic E-state index is 0.181. The van der Waals surface area contributed by atoms with Crippen molar-refractivity contribution in [2.45, 2.75) is 33.6 Å². The van der Waals surface area contributed by atoms with Crippen LogP contribution in [0.4, 0.5) is 11.9 Å². The predicted molar refractivity (Wildman–Crippen MR) is 91.1 cm³/mol. The van der Waals surface area contributed by atoms with Crippen molar-refractivity contribution in [1.82, 2.24) is 19.9 Å². The number of aromatic amines is 1. The number of hydrogen-bond acceptors (Lipinski definition) is 5. The Kier molecular flexibility index (Phi) is 4.06. The van der Waals surface area contributed by atoms with Gasteiger partial charge in [-0.1, -0.05) is 25.0 Å². The van der Waals surface area contributed by atoms with Crippen molar-refractivity contribution in [2.75, 3.05) is 5.32 Å². The lowest BCUT2D eigenvalue weighted by atomic mass is 10.1. The fraction of sp³-hybridized carbons (Fsp3) is 0.294. The zero-order valence-electron chi connectivity index (χ0n) is 13.5. The van der Waals surface area contributed by atoms with E-state index in [4.69, 9.17) is 0 Å². The molecule has 0 saturated carbocycles. The molecule has 0 aliphatic rings. The normalized spacial score (nSPS) is 10.9. The molecular weight excluding hydrogens is 290 g/mol. The van der Waals surface area contributed by atoms with Crippen LogP contribution in [0.15, 0.2) is 29.1 Å². The number of rotatable bonds is 4. The van der Waals surface area contributed by atoms with Gasteiger partial charge in [-0.25, -0.2) is 15.0 Å². The van der Waals surface area contributed by atoms with E-state index in [9.17, 15) is 4.79 Å². The lowest BCUT2D eigenvalue weighted by Crippen LogP contribution is -2.13. The number of aryl methyl sites for hydroxylation is 3. The van der Waals surface area contributed by atoms with E-state index >= 15 is 0 Å². The molecule has 0 amide bonds. The average Bonchev–Trinajstić information content (AvgIpc) is 2.48. The van der Waals surface area contributed by atoms with Crippen molar-refractivity contribution in [3.63, 3.8) is 0 Å². The van der Waals surface area contributed by atoms with Gasteiger partial charge in [-0.3, -0.25) is 15.1 Å². The summed E-state index contributed by atoms with van der Waals surface area (Å²) in [7, 11) is 0. The van der Waals surface area contributed by atoms with E-state index in [0.29, 0.717) is 11.9 Å². The molecule has 3 rings (SSSR count). The number of nitrogens with zero attached hydrogens (tertiary/aromatic N) is 3. The van der Waals surface area contributed by atoms with Gasteiger partial charge in [-0.2, -0.15) is 0 Å². The fourth-order valence-electron chi connectivity index (χ4n) is 2.51. The second-order valence-corrected chi connectivity index (χ2v) is 5.61. The molecule has 0 spiro atoms. The zero-order chi connectivity index (χ0) is 16.4. The van der Waals surface area contributed by atoms with Crippen molar-refractivity contribution >= 4 is 22.8 Å². The van der Waals surface area contributed by atoms with E-state index in [1.165, 1.54) is 11.6 Å². The van der Waals surface area contributed by atoms with Crippen LogP contribution < -0.4 is 10.9 Å². The van der Waals surface area contributed by atoms with Gasteiger partial charge in [-0.15, -0.1) is 0 Å². The Balaban J connectivity index is 1.98. The Labute approximate surface area is 134 Å². The zero-order valence-corrected chi connectivity index (χ0v) is 13.5. The molecule has 0 bridgehead atoms. The SMILES string of the molecule is CCCc1cc(=O)[nH]c(Nc2nc(C)c3cc(C)ccc3n2)n1. The van der Waals surface area contributed by atoms with Crippen LogP contribution in [-0.2, 0) is 6.42 Å². The van der Waals surface area contributed by atoms with Gasteiger partial charge in [0.05, 0.1) is 11.2 Å². The number of H-pyrrole nitrogens is 1. The standard InChI is InChI=1S/C17H19N5O/c1-4-5-12-9-15(23)21-17(19-12)22-16-18-11(3)13-8-10(2)6-7-14(13)20-16/h6-9H,4-5H2,1-3H3,(H2,18,19,20,21,22,23). The fourth-order valence-corrected chi connectivity index (χ4v) is 2.51. The van der Waals surface area contributed by atoms with Crippen LogP contribution in [-0.4, -0.2) is 19.9 Å². The third-order valence-corrected chi connectivity index (χ3v) is 3.57.